The molecule has 208 valence electrons. The third-order valence-corrected chi connectivity index (χ3v) is 6.18. The number of hydrogen-bond acceptors (Lipinski definition) is 5. The van der Waals surface area contributed by atoms with E-state index in [1.54, 1.807) is 54.6 Å². The second kappa shape index (κ2) is 13.7. The van der Waals surface area contributed by atoms with E-state index < -0.39 is 41.8 Å². The smallest absolute Gasteiger partial charge is 0.247 e. The van der Waals surface area contributed by atoms with Crippen LogP contribution in [-0.4, -0.2) is 41.5 Å². The van der Waals surface area contributed by atoms with Gasteiger partial charge in [0.1, 0.15) is 31.0 Å². The lowest BCUT2D eigenvalue weighted by molar-refractivity contribution is -0.671. The second-order valence-corrected chi connectivity index (χ2v) is 9.47. The fraction of sp³-hybridized carbons (Fsp3) is 0.241. The summed E-state index contributed by atoms with van der Waals surface area (Å²) in [5.41, 5.74) is 13.6. The molecule has 0 radical (unpaired) electrons. The molecule has 0 fully saturated rings. The van der Waals surface area contributed by atoms with Crippen LogP contribution in [0.3, 0.4) is 0 Å². The van der Waals surface area contributed by atoms with Crippen molar-refractivity contribution in [1.82, 2.24) is 16.0 Å². The second-order valence-electron chi connectivity index (χ2n) is 9.47. The number of nitrogen functional groups attached to an aromatic ring is 1. The highest BCUT2D eigenvalue weighted by Gasteiger charge is 2.30. The van der Waals surface area contributed by atoms with Gasteiger partial charge in [0.05, 0.1) is 0 Å². The summed E-state index contributed by atoms with van der Waals surface area (Å²) in [6.45, 7) is 1.29. The average Bonchev–Trinajstić information content (AvgIpc) is 2.91. The highest BCUT2D eigenvalue weighted by molar-refractivity contribution is 5.95. The molecule has 11 nitrogen and oxygen atoms in total. The van der Waals surface area contributed by atoms with Gasteiger partial charge in [-0.2, -0.15) is 0 Å². The lowest BCUT2D eigenvalue weighted by Gasteiger charge is -2.25. The number of nitrogens with two attached hydrogens (primary N) is 2. The molecule has 8 N–H and O–H groups in total. The summed E-state index contributed by atoms with van der Waals surface area (Å²) in [7, 11) is 1.84. The Bertz CT molecular complexity index is 1380. The molecular weight excluding hydrogens is 510 g/mol. The minimum atomic E-state index is -1.17. The van der Waals surface area contributed by atoms with E-state index in [-0.39, 0.29) is 18.7 Å². The van der Waals surface area contributed by atoms with Crippen molar-refractivity contribution >= 4 is 29.5 Å². The van der Waals surface area contributed by atoms with E-state index in [0.717, 1.165) is 5.56 Å². The van der Waals surface area contributed by atoms with Crippen molar-refractivity contribution in [2.75, 3.05) is 0 Å². The van der Waals surface area contributed by atoms with Crippen molar-refractivity contribution in [2.45, 2.75) is 37.9 Å². The lowest BCUT2D eigenvalue weighted by atomic mass is 10.0. The molecule has 11 heteroatoms. The van der Waals surface area contributed by atoms with E-state index in [0.29, 0.717) is 16.7 Å². The topological polar surface area (TPSA) is 184 Å². The molecule has 4 amide bonds. The predicted molar refractivity (Wildman–Crippen MR) is 149 cm³/mol. The highest BCUT2D eigenvalue weighted by Crippen LogP contribution is 2.15. The van der Waals surface area contributed by atoms with Crippen molar-refractivity contribution in [2.24, 2.45) is 18.5 Å². The Hall–Kier alpha value is -5.06. The van der Waals surface area contributed by atoms with Crippen LogP contribution in [0.2, 0.25) is 0 Å². The van der Waals surface area contributed by atoms with Gasteiger partial charge in [-0.3, -0.25) is 24.6 Å². The first-order chi connectivity index (χ1) is 19.0. The van der Waals surface area contributed by atoms with Crippen molar-refractivity contribution < 1.29 is 23.7 Å². The van der Waals surface area contributed by atoms with E-state index in [1.807, 2.05) is 36.1 Å². The van der Waals surface area contributed by atoms with Crippen LogP contribution < -0.4 is 32.0 Å². The largest absolute Gasteiger partial charge is 0.384 e. The molecule has 0 aliphatic carbocycles. The Morgan fingerprint density at radius 1 is 0.800 bits per heavy atom. The minimum Gasteiger partial charge on any atom is -0.384 e. The standard InChI is InChI=1S/C29H33N7O4/c1-18(37)33-24(15-19-10-12-22(13-11-19)26(30)31)28(39)35-25(21-8-4-3-5-9-21)29(40)34-23(27(32)38)16-20-7-6-14-36(2)17-20/h3-14,17,23-25H,15-16H2,1-2H3,(H7-,30,31,32,33,34,35,37,38,39,40)/p+1/t23-,24-,25-/m0/s1. The van der Waals surface area contributed by atoms with E-state index >= 15 is 0 Å². The van der Waals surface area contributed by atoms with Gasteiger partial charge in [0.25, 0.3) is 0 Å². The Labute approximate surface area is 232 Å². The fourth-order valence-corrected chi connectivity index (χ4v) is 4.18. The Morgan fingerprint density at radius 2 is 1.45 bits per heavy atom. The van der Waals surface area contributed by atoms with E-state index in [2.05, 4.69) is 16.0 Å². The number of amidine groups is 1. The van der Waals surface area contributed by atoms with Crippen molar-refractivity contribution in [3.63, 3.8) is 0 Å². The molecule has 0 unspecified atom stereocenters. The molecule has 0 aliphatic rings. The van der Waals surface area contributed by atoms with Crippen LogP contribution in [0, 0.1) is 5.41 Å². The highest BCUT2D eigenvalue weighted by atomic mass is 16.2. The fourth-order valence-electron chi connectivity index (χ4n) is 4.18. The number of pyridine rings is 1. The summed E-state index contributed by atoms with van der Waals surface area (Å²) in [6, 6.07) is 15.7. The number of hydrogen-bond donors (Lipinski definition) is 6. The summed E-state index contributed by atoms with van der Waals surface area (Å²) < 4.78 is 1.82. The quantitative estimate of drug-likeness (QED) is 0.106. The van der Waals surface area contributed by atoms with Gasteiger partial charge in [0.15, 0.2) is 12.4 Å². The number of nitrogens with one attached hydrogen (secondary N) is 4. The van der Waals surface area contributed by atoms with Crippen molar-refractivity contribution in [3.05, 3.63) is 101 Å². The summed E-state index contributed by atoms with van der Waals surface area (Å²) in [4.78, 5) is 51.1. The molecule has 40 heavy (non-hydrogen) atoms. The number of primary amides is 1. The molecule has 1 heterocycles. The predicted octanol–water partition coefficient (Wildman–Crippen LogP) is -0.0873. The van der Waals surface area contributed by atoms with Crippen LogP contribution in [0.25, 0.3) is 0 Å². The zero-order valence-electron chi connectivity index (χ0n) is 22.4. The number of rotatable bonds is 12. The molecule has 3 atom stereocenters. The third kappa shape index (κ3) is 8.48. The Balaban J connectivity index is 1.83. The molecule has 3 rings (SSSR count). The van der Waals surface area contributed by atoms with Gasteiger partial charge in [-0.25, -0.2) is 4.57 Å². The first-order valence-corrected chi connectivity index (χ1v) is 12.6. The van der Waals surface area contributed by atoms with Crippen molar-refractivity contribution in [1.29, 1.82) is 5.41 Å². The zero-order valence-corrected chi connectivity index (χ0v) is 22.4. The van der Waals surface area contributed by atoms with Gasteiger partial charge in [-0.1, -0.05) is 54.6 Å². The number of benzene rings is 2. The minimum absolute atomic E-state index is 0.0881. The van der Waals surface area contributed by atoms with E-state index in [1.165, 1.54) is 6.92 Å². The van der Waals surface area contributed by atoms with E-state index in [4.69, 9.17) is 16.9 Å². The Morgan fingerprint density at radius 3 is 2.02 bits per heavy atom. The maximum atomic E-state index is 13.5. The van der Waals surface area contributed by atoms with Crippen LogP contribution in [-0.2, 0) is 39.1 Å². The van der Waals surface area contributed by atoms with Crippen LogP contribution in [0.1, 0.15) is 35.2 Å². The molecule has 0 aliphatic heterocycles. The SMILES string of the molecule is CC(=O)N[C@@H](Cc1ccc(C(=N)N)cc1)C(=O)N[C@H](C(=O)N[C@@H](Cc1ccc[n+](C)c1)C(N)=O)c1ccccc1. The molecule has 3 aromatic rings. The zero-order chi connectivity index (χ0) is 29.2. The van der Waals surface area contributed by atoms with Crippen LogP contribution in [0.15, 0.2) is 79.1 Å². The summed E-state index contributed by atoms with van der Waals surface area (Å²) in [6.07, 6.45) is 3.95. The maximum absolute atomic E-state index is 13.5. The van der Waals surface area contributed by atoms with E-state index in [9.17, 15) is 19.2 Å². The normalized spacial score (nSPS) is 12.8. The summed E-state index contributed by atoms with van der Waals surface area (Å²) in [5.74, 6) is -2.46. The van der Waals surface area contributed by atoms with Crippen LogP contribution >= 0.6 is 0 Å². The summed E-state index contributed by atoms with van der Waals surface area (Å²) >= 11 is 0. The summed E-state index contributed by atoms with van der Waals surface area (Å²) in [5, 5.41) is 15.6. The van der Waals surface area contributed by atoms with Gasteiger partial charge in [-0.15, -0.1) is 0 Å². The molecule has 1 aromatic heterocycles. The molecule has 0 spiro atoms. The lowest BCUT2D eigenvalue weighted by Crippen LogP contribution is -2.53. The van der Waals surface area contributed by atoms with Gasteiger partial charge < -0.3 is 27.4 Å². The molecule has 2 aromatic carbocycles. The average molecular weight is 545 g/mol. The number of carbonyl (C=O) groups is 4. The van der Waals surface area contributed by atoms with Gasteiger partial charge in [0.2, 0.25) is 23.6 Å². The number of aryl methyl sites for hydroxylation is 1. The van der Waals surface area contributed by atoms with Gasteiger partial charge in [-0.05, 0) is 17.2 Å². The first-order valence-electron chi connectivity index (χ1n) is 12.6. The molecule has 0 bridgehead atoms. The monoisotopic (exact) mass is 544 g/mol. The molecule has 0 saturated heterocycles. The number of nitrogens with zero attached hydrogens (tertiary/aromatic N) is 1. The van der Waals surface area contributed by atoms with Crippen LogP contribution in [0.5, 0.6) is 0 Å². The number of amides is 4. The molecule has 0 saturated carbocycles. The first kappa shape index (κ1) is 29.5. The third-order valence-electron chi connectivity index (χ3n) is 6.18. The van der Waals surface area contributed by atoms with Gasteiger partial charge >= 0.3 is 0 Å². The van der Waals surface area contributed by atoms with Crippen LogP contribution in [0.4, 0.5) is 0 Å². The Kier molecular flexibility index (Phi) is 10.1. The number of aromatic nitrogens is 1. The maximum Gasteiger partial charge on any atom is 0.247 e. The van der Waals surface area contributed by atoms with Gasteiger partial charge in [0, 0.05) is 37.0 Å². The van der Waals surface area contributed by atoms with Crippen molar-refractivity contribution in [3.8, 4) is 0 Å². The molecular formula is C29H34N7O4+. The number of carbonyl (C=O) groups excluding carboxylic acids is 4.